The third-order valence-corrected chi connectivity index (χ3v) is 3.29. The predicted molar refractivity (Wildman–Crippen MR) is 68.3 cm³/mol. The van der Waals surface area contributed by atoms with Gasteiger partial charge < -0.3 is 10.2 Å². The molecule has 0 radical (unpaired) electrons. The average Bonchev–Trinajstić information content (AvgIpc) is 2.12. The first-order valence-electron chi connectivity index (χ1n) is 4.64. The Kier molecular flexibility index (Phi) is 5.93. The molecule has 0 rings (SSSR count). The van der Waals surface area contributed by atoms with Gasteiger partial charge in [-0.1, -0.05) is 32.6 Å². The first kappa shape index (κ1) is 14.1. The number of aliphatic hydroxyl groups is 2. The summed E-state index contributed by atoms with van der Waals surface area (Å²) in [5.41, 5.74) is 0.927. The first-order chi connectivity index (χ1) is 6.29. The molecule has 0 amide bonds. The van der Waals surface area contributed by atoms with E-state index in [1.54, 1.807) is 0 Å². The Labute approximate surface area is 99.9 Å². The molecule has 0 aliphatic heterocycles. The molecule has 0 saturated heterocycles. The summed E-state index contributed by atoms with van der Waals surface area (Å²) in [6.07, 6.45) is -1.23. The minimum atomic E-state index is -0.660. The van der Waals surface area contributed by atoms with Crippen LogP contribution in [0.2, 0.25) is 0 Å². The molecule has 0 heterocycles. The minimum Gasteiger partial charge on any atom is -0.392 e. The fourth-order valence-corrected chi connectivity index (χ4v) is 1.79. The Hall–Kier alpha value is 0.130. The summed E-state index contributed by atoms with van der Waals surface area (Å²) < 4.78 is 0.656. The van der Waals surface area contributed by atoms with Crippen molar-refractivity contribution in [1.29, 1.82) is 0 Å². The average molecular weight is 310 g/mol. The second kappa shape index (κ2) is 5.88. The fourth-order valence-electron chi connectivity index (χ4n) is 1.22. The molecular formula is C11H19IO2. The maximum absolute atomic E-state index is 9.91. The van der Waals surface area contributed by atoms with Crippen LogP contribution in [-0.4, -0.2) is 22.4 Å². The molecule has 0 aliphatic carbocycles. The molecular weight excluding hydrogens is 291 g/mol. The van der Waals surface area contributed by atoms with Gasteiger partial charge in [0.25, 0.3) is 0 Å². The van der Waals surface area contributed by atoms with Crippen molar-refractivity contribution in [2.45, 2.75) is 33.0 Å². The van der Waals surface area contributed by atoms with E-state index in [4.69, 9.17) is 0 Å². The maximum Gasteiger partial charge on any atom is 0.0891 e. The summed E-state index contributed by atoms with van der Waals surface area (Å²) in [6, 6.07) is 0. The fraction of sp³-hybridized carbons (Fsp3) is 0.636. The molecule has 3 heteroatoms. The van der Waals surface area contributed by atoms with Gasteiger partial charge in [-0.05, 0) is 29.5 Å². The van der Waals surface area contributed by atoms with E-state index in [1.807, 2.05) is 43.4 Å². The van der Waals surface area contributed by atoms with E-state index in [0.29, 0.717) is 3.58 Å². The summed E-state index contributed by atoms with van der Waals surface area (Å²) >= 11 is 1.98. The molecule has 2 nitrogen and oxygen atoms in total. The zero-order valence-corrected chi connectivity index (χ0v) is 11.2. The lowest BCUT2D eigenvalue weighted by atomic mass is 9.86. The van der Waals surface area contributed by atoms with Gasteiger partial charge in [0, 0.05) is 15.4 Å². The number of hydrogen-bond donors (Lipinski definition) is 2. The Morgan fingerprint density at radius 3 is 1.93 bits per heavy atom. The molecule has 0 aromatic carbocycles. The van der Waals surface area contributed by atoms with E-state index in [0.717, 1.165) is 5.57 Å². The lowest BCUT2D eigenvalue weighted by Gasteiger charge is -2.28. The molecule has 0 aromatic heterocycles. The van der Waals surface area contributed by atoms with Crippen LogP contribution < -0.4 is 0 Å². The lowest BCUT2D eigenvalue weighted by Crippen LogP contribution is -2.34. The highest BCUT2D eigenvalue weighted by atomic mass is 127. The maximum atomic E-state index is 9.91. The molecule has 2 N–H and O–H groups in total. The van der Waals surface area contributed by atoms with Crippen LogP contribution in [0.1, 0.15) is 20.8 Å². The van der Waals surface area contributed by atoms with Crippen molar-refractivity contribution in [2.75, 3.05) is 0 Å². The van der Waals surface area contributed by atoms with Gasteiger partial charge in [-0.15, -0.1) is 0 Å². The summed E-state index contributed by atoms with van der Waals surface area (Å²) in [6.45, 7) is 13.1. The van der Waals surface area contributed by atoms with Crippen LogP contribution in [0.15, 0.2) is 22.3 Å². The SMILES string of the molecule is C=C(C)C(C)C(O)C(C)C(O)C(=C)I. The van der Waals surface area contributed by atoms with Gasteiger partial charge in [-0.3, -0.25) is 0 Å². The minimum absolute atomic E-state index is 0.00426. The van der Waals surface area contributed by atoms with E-state index in [2.05, 4.69) is 13.2 Å². The van der Waals surface area contributed by atoms with Crippen LogP contribution in [0.5, 0.6) is 0 Å². The molecule has 0 aliphatic rings. The quantitative estimate of drug-likeness (QED) is 0.605. The van der Waals surface area contributed by atoms with Gasteiger partial charge in [0.1, 0.15) is 0 Å². The molecule has 0 bridgehead atoms. The van der Waals surface area contributed by atoms with Crippen molar-refractivity contribution in [1.82, 2.24) is 0 Å². The molecule has 4 unspecified atom stereocenters. The molecule has 0 saturated carbocycles. The Morgan fingerprint density at radius 1 is 1.21 bits per heavy atom. The van der Waals surface area contributed by atoms with Gasteiger partial charge in [-0.2, -0.15) is 0 Å². The van der Waals surface area contributed by atoms with Crippen LogP contribution >= 0.6 is 22.6 Å². The Balaban J connectivity index is 4.45. The highest BCUT2D eigenvalue weighted by molar-refractivity contribution is 14.1. The highest BCUT2D eigenvalue weighted by Crippen LogP contribution is 2.25. The second-order valence-electron chi connectivity index (χ2n) is 3.88. The first-order valence-corrected chi connectivity index (χ1v) is 5.72. The molecule has 4 atom stereocenters. The molecule has 0 fully saturated rings. The van der Waals surface area contributed by atoms with E-state index in [9.17, 15) is 10.2 Å². The summed E-state index contributed by atoms with van der Waals surface area (Å²) in [5, 5.41) is 19.6. The van der Waals surface area contributed by atoms with E-state index >= 15 is 0 Å². The van der Waals surface area contributed by atoms with Crippen LogP contribution in [0.3, 0.4) is 0 Å². The second-order valence-corrected chi connectivity index (χ2v) is 5.26. The smallest absolute Gasteiger partial charge is 0.0891 e. The van der Waals surface area contributed by atoms with Crippen molar-refractivity contribution in [3.05, 3.63) is 22.3 Å². The highest BCUT2D eigenvalue weighted by Gasteiger charge is 2.27. The largest absolute Gasteiger partial charge is 0.392 e. The van der Waals surface area contributed by atoms with Gasteiger partial charge in [0.15, 0.2) is 0 Å². The summed E-state index contributed by atoms with van der Waals surface area (Å²) in [7, 11) is 0. The van der Waals surface area contributed by atoms with E-state index in [-0.39, 0.29) is 11.8 Å². The molecule has 82 valence electrons. The molecule has 0 aromatic rings. The van der Waals surface area contributed by atoms with Crippen molar-refractivity contribution >= 4 is 22.6 Å². The third kappa shape index (κ3) is 3.71. The molecule has 14 heavy (non-hydrogen) atoms. The van der Waals surface area contributed by atoms with Crippen LogP contribution in [0.4, 0.5) is 0 Å². The van der Waals surface area contributed by atoms with Crippen LogP contribution in [-0.2, 0) is 0 Å². The van der Waals surface area contributed by atoms with Crippen LogP contribution in [0, 0.1) is 11.8 Å². The van der Waals surface area contributed by atoms with Crippen molar-refractivity contribution in [3.63, 3.8) is 0 Å². The van der Waals surface area contributed by atoms with Gasteiger partial charge in [0.05, 0.1) is 12.2 Å². The van der Waals surface area contributed by atoms with E-state index in [1.165, 1.54) is 0 Å². The van der Waals surface area contributed by atoms with Crippen LogP contribution in [0.25, 0.3) is 0 Å². The normalized spacial score (nSPS) is 19.6. The number of hydrogen-bond acceptors (Lipinski definition) is 2. The standard InChI is InChI=1S/C11H19IO2/c1-6(2)7(3)10(13)8(4)11(14)9(5)12/h7-8,10-11,13-14H,1,5H2,2-4H3. The number of halogens is 1. The van der Waals surface area contributed by atoms with Crippen molar-refractivity contribution < 1.29 is 10.2 Å². The topological polar surface area (TPSA) is 40.5 Å². The Morgan fingerprint density at radius 2 is 1.64 bits per heavy atom. The lowest BCUT2D eigenvalue weighted by molar-refractivity contribution is 0.0209. The third-order valence-electron chi connectivity index (χ3n) is 2.65. The zero-order chi connectivity index (χ0) is 11.5. The van der Waals surface area contributed by atoms with E-state index < -0.39 is 12.2 Å². The zero-order valence-electron chi connectivity index (χ0n) is 9.00. The Bertz CT molecular complexity index is 201. The van der Waals surface area contributed by atoms with Crippen molar-refractivity contribution in [2.24, 2.45) is 11.8 Å². The van der Waals surface area contributed by atoms with Gasteiger partial charge >= 0.3 is 0 Å². The van der Waals surface area contributed by atoms with Gasteiger partial charge in [-0.25, -0.2) is 0 Å². The van der Waals surface area contributed by atoms with Crippen molar-refractivity contribution in [3.8, 4) is 0 Å². The summed E-state index contributed by atoms with van der Waals surface area (Å²) in [5.74, 6) is -0.221. The summed E-state index contributed by atoms with van der Waals surface area (Å²) in [4.78, 5) is 0. The monoisotopic (exact) mass is 310 g/mol. The number of aliphatic hydroxyl groups excluding tert-OH is 2. The predicted octanol–water partition coefficient (Wildman–Crippen LogP) is 2.51. The molecule has 0 spiro atoms. The number of rotatable bonds is 5. The van der Waals surface area contributed by atoms with Gasteiger partial charge in [0.2, 0.25) is 0 Å².